The van der Waals surface area contributed by atoms with E-state index in [4.69, 9.17) is 23.2 Å². The number of nitrogens with zero attached hydrogens (tertiary/aromatic N) is 2. The smallest absolute Gasteiger partial charge is 0.243 e. The summed E-state index contributed by atoms with van der Waals surface area (Å²) in [4.78, 5) is 29.1. The Morgan fingerprint density at radius 2 is 1.51 bits per heavy atom. The van der Waals surface area contributed by atoms with Gasteiger partial charge in [0, 0.05) is 41.5 Å². The summed E-state index contributed by atoms with van der Waals surface area (Å²) in [6.45, 7) is 5.94. The molecule has 0 aromatic heterocycles. The third-order valence-corrected chi connectivity index (χ3v) is 7.96. The van der Waals surface area contributed by atoms with Crippen LogP contribution in [0.1, 0.15) is 44.7 Å². The van der Waals surface area contributed by atoms with E-state index < -0.39 is 21.6 Å². The van der Waals surface area contributed by atoms with Crippen molar-refractivity contribution in [2.24, 2.45) is 0 Å². The molecule has 0 aliphatic heterocycles. The molecule has 41 heavy (non-hydrogen) atoms. The molecule has 10 heteroatoms. The fraction of sp³-hybridized carbons (Fsp3) is 0.355. The van der Waals surface area contributed by atoms with E-state index in [1.807, 2.05) is 57.2 Å². The minimum atomic E-state index is -3.61. The van der Waals surface area contributed by atoms with E-state index >= 15 is 0 Å². The van der Waals surface area contributed by atoms with Gasteiger partial charge in [-0.2, -0.15) is 0 Å². The normalized spacial score (nSPS) is 12.4. The molecular weight excluding hydrogens is 581 g/mol. The highest BCUT2D eigenvalue weighted by Crippen LogP contribution is 2.23. The summed E-state index contributed by atoms with van der Waals surface area (Å²) in [7, 11) is -3.61. The van der Waals surface area contributed by atoms with Gasteiger partial charge in [0.15, 0.2) is 0 Å². The van der Waals surface area contributed by atoms with Gasteiger partial charge in [-0.25, -0.2) is 8.42 Å². The second-order valence-corrected chi connectivity index (χ2v) is 13.8. The topological polar surface area (TPSA) is 86.8 Å². The molecule has 0 aliphatic carbocycles. The lowest BCUT2D eigenvalue weighted by molar-refractivity contribution is -0.142. The third-order valence-electron chi connectivity index (χ3n) is 6.28. The number of carbonyl (C=O) groups excluding carboxylic acids is 2. The van der Waals surface area contributed by atoms with Crippen molar-refractivity contribution in [1.82, 2.24) is 10.2 Å². The molecule has 0 radical (unpaired) electrons. The summed E-state index contributed by atoms with van der Waals surface area (Å²) in [5.74, 6) is -0.532. The summed E-state index contributed by atoms with van der Waals surface area (Å²) in [6.07, 6.45) is 1.73. The molecule has 0 spiro atoms. The zero-order chi connectivity index (χ0) is 30.2. The Balaban J connectivity index is 1.90. The van der Waals surface area contributed by atoms with Crippen LogP contribution in [0, 0.1) is 0 Å². The van der Waals surface area contributed by atoms with Crippen molar-refractivity contribution < 1.29 is 18.0 Å². The second kappa shape index (κ2) is 14.2. The maximum atomic E-state index is 13.9. The standard InChI is InChI=1S/C31H37Cl2N3O4S/c1-31(2,3)34-30(38)28(21-23-10-6-5-7-11-23)35(22-24-12-8-13-26(33)20-24)29(37)14-9-19-36(41(4,39)40)27-17-15-25(32)16-18-27/h5-8,10-13,15-18,20,28H,9,14,19,21-22H2,1-4H3,(H,34,38). The molecule has 1 N–H and O–H groups in total. The number of nitrogens with one attached hydrogen (secondary N) is 1. The minimum absolute atomic E-state index is 0.0360. The molecule has 3 aromatic carbocycles. The largest absolute Gasteiger partial charge is 0.350 e. The van der Waals surface area contributed by atoms with Crippen molar-refractivity contribution in [1.29, 1.82) is 0 Å². The van der Waals surface area contributed by atoms with Crippen LogP contribution in [-0.4, -0.2) is 49.5 Å². The van der Waals surface area contributed by atoms with Gasteiger partial charge >= 0.3 is 0 Å². The van der Waals surface area contributed by atoms with Crippen molar-refractivity contribution in [3.63, 3.8) is 0 Å². The average Bonchev–Trinajstić information content (AvgIpc) is 2.88. The number of carbonyl (C=O) groups is 2. The monoisotopic (exact) mass is 617 g/mol. The maximum absolute atomic E-state index is 13.9. The summed E-state index contributed by atoms with van der Waals surface area (Å²) >= 11 is 12.2. The molecule has 3 aromatic rings. The SMILES string of the molecule is CC(C)(C)NC(=O)C(Cc1ccccc1)N(Cc1cccc(Cl)c1)C(=O)CCCN(c1ccc(Cl)cc1)S(C)(=O)=O. The molecule has 0 saturated heterocycles. The van der Waals surface area contributed by atoms with Crippen molar-refractivity contribution in [2.75, 3.05) is 17.1 Å². The number of hydrogen-bond acceptors (Lipinski definition) is 4. The van der Waals surface area contributed by atoms with Crippen LogP contribution in [0.3, 0.4) is 0 Å². The molecule has 1 atom stereocenters. The lowest BCUT2D eigenvalue weighted by Gasteiger charge is -2.34. The first kappa shape index (κ1) is 32.4. The number of sulfonamides is 1. The van der Waals surface area contributed by atoms with Gasteiger partial charge in [0.25, 0.3) is 0 Å². The van der Waals surface area contributed by atoms with E-state index in [2.05, 4.69) is 5.32 Å². The summed E-state index contributed by atoms with van der Waals surface area (Å²) in [5, 5.41) is 4.06. The van der Waals surface area contributed by atoms with Crippen LogP contribution in [-0.2, 0) is 32.6 Å². The van der Waals surface area contributed by atoms with E-state index in [0.29, 0.717) is 22.2 Å². The summed E-state index contributed by atoms with van der Waals surface area (Å²) in [6, 6.07) is 22.4. The van der Waals surface area contributed by atoms with Crippen molar-refractivity contribution in [3.05, 3.63) is 100 Å². The van der Waals surface area contributed by atoms with Crippen LogP contribution >= 0.6 is 23.2 Å². The van der Waals surface area contributed by atoms with Crippen LogP contribution in [0.15, 0.2) is 78.9 Å². The highest BCUT2D eigenvalue weighted by atomic mass is 35.5. The van der Waals surface area contributed by atoms with Crippen LogP contribution < -0.4 is 9.62 Å². The van der Waals surface area contributed by atoms with Crippen molar-refractivity contribution >= 4 is 50.7 Å². The first-order valence-electron chi connectivity index (χ1n) is 13.4. The van der Waals surface area contributed by atoms with Crippen LogP contribution in [0.5, 0.6) is 0 Å². The molecule has 0 bridgehead atoms. The summed E-state index contributed by atoms with van der Waals surface area (Å²) < 4.78 is 26.4. The van der Waals surface area contributed by atoms with Crippen LogP contribution in [0.4, 0.5) is 5.69 Å². The van der Waals surface area contributed by atoms with Crippen molar-refractivity contribution in [3.8, 4) is 0 Å². The number of rotatable bonds is 12. The number of benzene rings is 3. The predicted octanol–water partition coefficient (Wildman–Crippen LogP) is 6.09. The molecule has 0 heterocycles. The lowest BCUT2D eigenvalue weighted by atomic mass is 10.00. The lowest BCUT2D eigenvalue weighted by Crippen LogP contribution is -2.54. The van der Waals surface area contributed by atoms with E-state index in [1.54, 1.807) is 47.4 Å². The first-order chi connectivity index (χ1) is 19.2. The quantitative estimate of drug-likeness (QED) is 0.266. The van der Waals surface area contributed by atoms with E-state index in [1.165, 1.54) is 4.31 Å². The average molecular weight is 619 g/mol. The Labute approximate surface area is 253 Å². The Morgan fingerprint density at radius 1 is 0.878 bits per heavy atom. The zero-order valence-corrected chi connectivity index (χ0v) is 26.1. The van der Waals surface area contributed by atoms with Gasteiger partial charge in [0.05, 0.1) is 11.9 Å². The number of halogens is 2. The fourth-order valence-corrected chi connectivity index (χ4v) is 5.75. The summed E-state index contributed by atoms with van der Waals surface area (Å²) in [5.41, 5.74) is 1.65. The molecule has 0 fully saturated rings. The van der Waals surface area contributed by atoms with E-state index in [9.17, 15) is 18.0 Å². The minimum Gasteiger partial charge on any atom is -0.350 e. The fourth-order valence-electron chi connectivity index (χ4n) is 4.45. The molecule has 0 saturated carbocycles. The van der Waals surface area contributed by atoms with Gasteiger partial charge in [0.2, 0.25) is 21.8 Å². The van der Waals surface area contributed by atoms with Gasteiger partial charge in [0.1, 0.15) is 6.04 Å². The Bertz CT molecular complexity index is 1430. The number of hydrogen-bond donors (Lipinski definition) is 1. The molecule has 0 aliphatic rings. The van der Waals surface area contributed by atoms with Gasteiger partial charge in [-0.1, -0.05) is 65.7 Å². The maximum Gasteiger partial charge on any atom is 0.243 e. The molecule has 7 nitrogen and oxygen atoms in total. The molecular formula is C31H37Cl2N3O4S. The molecule has 220 valence electrons. The molecule has 1 unspecified atom stereocenters. The first-order valence-corrected chi connectivity index (χ1v) is 16.0. The highest BCUT2D eigenvalue weighted by molar-refractivity contribution is 7.92. The van der Waals surface area contributed by atoms with Gasteiger partial charge in [-0.3, -0.25) is 13.9 Å². The van der Waals surface area contributed by atoms with Gasteiger partial charge in [-0.05, 0) is 74.7 Å². The predicted molar refractivity (Wildman–Crippen MR) is 167 cm³/mol. The zero-order valence-electron chi connectivity index (χ0n) is 23.8. The third kappa shape index (κ3) is 10.4. The number of anilines is 1. The van der Waals surface area contributed by atoms with Crippen molar-refractivity contribution in [2.45, 2.75) is 58.2 Å². The van der Waals surface area contributed by atoms with Crippen LogP contribution in [0.2, 0.25) is 10.0 Å². The van der Waals surface area contributed by atoms with Gasteiger partial charge in [-0.15, -0.1) is 0 Å². The highest BCUT2D eigenvalue weighted by Gasteiger charge is 2.32. The second-order valence-electron chi connectivity index (χ2n) is 11.0. The molecule has 3 rings (SSSR count). The number of amides is 2. The van der Waals surface area contributed by atoms with E-state index in [0.717, 1.165) is 17.4 Å². The molecule has 2 amide bonds. The van der Waals surface area contributed by atoms with Gasteiger partial charge < -0.3 is 10.2 Å². The Hall–Kier alpha value is -3.07. The van der Waals surface area contributed by atoms with Crippen LogP contribution in [0.25, 0.3) is 0 Å². The van der Waals surface area contributed by atoms with E-state index in [-0.39, 0.29) is 37.7 Å². The Kier molecular flexibility index (Phi) is 11.2. The Morgan fingerprint density at radius 3 is 2.10 bits per heavy atom.